The van der Waals surface area contributed by atoms with E-state index in [1.54, 1.807) is 18.2 Å². The van der Waals surface area contributed by atoms with Crippen molar-refractivity contribution in [3.8, 4) is 0 Å². The number of fused-ring (bicyclic) bond motifs is 1. The molecule has 2 aliphatic heterocycles. The van der Waals surface area contributed by atoms with Crippen LogP contribution < -0.4 is 5.32 Å². The molecule has 2 heterocycles. The first-order valence-electron chi connectivity index (χ1n) is 7.67. The van der Waals surface area contributed by atoms with Crippen molar-refractivity contribution in [1.82, 2.24) is 0 Å². The third-order valence-electron chi connectivity index (χ3n) is 3.68. The van der Waals surface area contributed by atoms with Gasteiger partial charge in [0.05, 0.1) is 24.6 Å². The molecule has 6 nitrogen and oxygen atoms in total. The van der Waals surface area contributed by atoms with E-state index in [-0.39, 0.29) is 5.91 Å². The molecule has 0 radical (unpaired) electrons. The number of anilines is 1. The van der Waals surface area contributed by atoms with Gasteiger partial charge in [-0.3, -0.25) is 9.32 Å². The SMILES string of the molecule is O=C1Nc2ccc(Cl)cc2C(c2ccccc2)=NC1OP1OCCO1. The minimum atomic E-state index is -1.57. The normalized spacial score (nSPS) is 20.6. The van der Waals surface area contributed by atoms with Crippen LogP contribution in [0.25, 0.3) is 0 Å². The Kier molecular flexibility index (Phi) is 4.79. The van der Waals surface area contributed by atoms with Gasteiger partial charge in [0.2, 0.25) is 6.23 Å². The molecule has 1 fully saturated rings. The van der Waals surface area contributed by atoms with Crippen molar-refractivity contribution in [2.75, 3.05) is 18.5 Å². The third kappa shape index (κ3) is 3.59. The largest absolute Gasteiger partial charge is 0.335 e. The number of hydrogen-bond donors (Lipinski definition) is 1. The Morgan fingerprint density at radius 2 is 1.92 bits per heavy atom. The highest BCUT2D eigenvalue weighted by molar-refractivity contribution is 7.42. The zero-order valence-electron chi connectivity index (χ0n) is 13.0. The number of rotatable bonds is 3. The maximum Gasteiger partial charge on any atom is 0.335 e. The number of benzene rings is 2. The fourth-order valence-corrected chi connectivity index (χ4v) is 3.68. The van der Waals surface area contributed by atoms with E-state index in [1.165, 1.54) is 0 Å². The van der Waals surface area contributed by atoms with Gasteiger partial charge in [-0.2, -0.15) is 0 Å². The summed E-state index contributed by atoms with van der Waals surface area (Å²) in [5.41, 5.74) is 2.84. The molecule has 1 saturated heterocycles. The summed E-state index contributed by atoms with van der Waals surface area (Å²) in [5, 5.41) is 3.39. The van der Waals surface area contributed by atoms with E-state index in [1.807, 2.05) is 30.3 Å². The van der Waals surface area contributed by atoms with Gasteiger partial charge in [0, 0.05) is 16.1 Å². The van der Waals surface area contributed by atoms with Crippen molar-refractivity contribution in [2.24, 2.45) is 4.99 Å². The molecular weight excluding hydrogens is 363 g/mol. The molecule has 2 aliphatic rings. The Morgan fingerprint density at radius 3 is 2.68 bits per heavy atom. The van der Waals surface area contributed by atoms with E-state index in [9.17, 15) is 4.79 Å². The number of amides is 1. The predicted molar refractivity (Wildman–Crippen MR) is 95.9 cm³/mol. The first-order valence-corrected chi connectivity index (χ1v) is 9.15. The zero-order valence-corrected chi connectivity index (χ0v) is 14.7. The van der Waals surface area contributed by atoms with Gasteiger partial charge in [-0.25, -0.2) is 4.99 Å². The number of hydrogen-bond acceptors (Lipinski definition) is 5. The number of benzodiazepines with no additional fused rings is 1. The van der Waals surface area contributed by atoms with Crippen LogP contribution in [0.15, 0.2) is 53.5 Å². The smallest absolute Gasteiger partial charge is 0.321 e. The summed E-state index contributed by atoms with van der Waals surface area (Å²) in [6.45, 7) is 0.899. The zero-order chi connectivity index (χ0) is 17.2. The molecule has 1 unspecified atom stereocenters. The van der Waals surface area contributed by atoms with E-state index in [2.05, 4.69) is 10.3 Å². The van der Waals surface area contributed by atoms with Crippen LogP contribution in [0.3, 0.4) is 0 Å². The van der Waals surface area contributed by atoms with Crippen LogP contribution in [-0.2, 0) is 18.4 Å². The van der Waals surface area contributed by atoms with Gasteiger partial charge in [-0.1, -0.05) is 41.9 Å². The summed E-state index contributed by atoms with van der Waals surface area (Å²) >= 11 is 6.16. The van der Waals surface area contributed by atoms with Crippen LogP contribution in [0.1, 0.15) is 11.1 Å². The van der Waals surface area contributed by atoms with Gasteiger partial charge >= 0.3 is 8.60 Å². The number of halogens is 1. The highest BCUT2D eigenvalue weighted by Crippen LogP contribution is 2.45. The lowest BCUT2D eigenvalue weighted by Gasteiger charge is -2.14. The highest BCUT2D eigenvalue weighted by Gasteiger charge is 2.32. The summed E-state index contributed by atoms with van der Waals surface area (Å²) in [7, 11) is -1.57. The minimum Gasteiger partial charge on any atom is -0.321 e. The number of nitrogens with zero attached hydrogens (tertiary/aromatic N) is 1. The Labute approximate surface area is 150 Å². The van der Waals surface area contributed by atoms with Gasteiger partial charge in [0.15, 0.2) is 0 Å². The molecule has 0 saturated carbocycles. The molecule has 4 rings (SSSR count). The summed E-state index contributed by atoms with van der Waals surface area (Å²) in [5.74, 6) is -0.379. The van der Waals surface area contributed by atoms with Crippen molar-refractivity contribution in [1.29, 1.82) is 0 Å². The molecule has 1 N–H and O–H groups in total. The molecule has 128 valence electrons. The van der Waals surface area contributed by atoms with Crippen LogP contribution in [0.5, 0.6) is 0 Å². The molecule has 2 aromatic rings. The topological polar surface area (TPSA) is 69.2 Å². The Morgan fingerprint density at radius 1 is 1.16 bits per heavy atom. The van der Waals surface area contributed by atoms with Gasteiger partial charge in [0.1, 0.15) is 0 Å². The molecule has 0 bridgehead atoms. The standard InChI is InChI=1S/C17H14ClN2O4P/c18-12-6-7-14-13(10-12)15(11-4-2-1-3-5-11)20-17(16(21)19-14)24-25-22-8-9-23-25/h1-7,10,17H,8-9H2,(H,19,21). The summed E-state index contributed by atoms with van der Waals surface area (Å²) in [4.78, 5) is 17.1. The molecule has 0 spiro atoms. The first-order chi connectivity index (χ1) is 12.2. The fourth-order valence-electron chi connectivity index (χ4n) is 2.56. The summed E-state index contributed by atoms with van der Waals surface area (Å²) in [6, 6.07) is 14.8. The van der Waals surface area contributed by atoms with Gasteiger partial charge in [-0.15, -0.1) is 0 Å². The van der Waals surface area contributed by atoms with E-state index in [0.717, 1.165) is 11.1 Å². The second-order valence-corrected chi connectivity index (χ2v) is 6.98. The predicted octanol–water partition coefficient (Wildman–Crippen LogP) is 3.75. The second kappa shape index (κ2) is 7.20. The molecule has 0 aliphatic carbocycles. The second-order valence-electron chi connectivity index (χ2n) is 5.37. The quantitative estimate of drug-likeness (QED) is 0.828. The number of carbonyl (C=O) groups is 1. The fraction of sp³-hybridized carbons (Fsp3) is 0.176. The van der Waals surface area contributed by atoms with Crippen molar-refractivity contribution < 1.29 is 18.4 Å². The molecule has 25 heavy (non-hydrogen) atoms. The average molecular weight is 377 g/mol. The highest BCUT2D eigenvalue weighted by atomic mass is 35.5. The van der Waals surface area contributed by atoms with E-state index in [4.69, 9.17) is 25.2 Å². The first kappa shape index (κ1) is 16.6. The van der Waals surface area contributed by atoms with Gasteiger partial charge < -0.3 is 14.4 Å². The lowest BCUT2D eigenvalue weighted by atomic mass is 10.0. The maximum absolute atomic E-state index is 12.5. The molecule has 0 aromatic heterocycles. The summed E-state index contributed by atoms with van der Waals surface area (Å²) in [6.07, 6.45) is -1.06. The molecule has 1 amide bonds. The van der Waals surface area contributed by atoms with Gasteiger partial charge in [-0.05, 0) is 18.2 Å². The monoisotopic (exact) mass is 376 g/mol. The minimum absolute atomic E-state index is 0.379. The van der Waals surface area contributed by atoms with Crippen molar-refractivity contribution in [3.63, 3.8) is 0 Å². The molecule has 1 atom stereocenters. The van der Waals surface area contributed by atoms with Crippen molar-refractivity contribution in [3.05, 3.63) is 64.7 Å². The third-order valence-corrected chi connectivity index (χ3v) is 5.07. The van der Waals surface area contributed by atoms with E-state index in [0.29, 0.717) is 29.6 Å². The summed E-state index contributed by atoms with van der Waals surface area (Å²) < 4.78 is 16.3. The number of aliphatic imine (C=N–C) groups is 1. The van der Waals surface area contributed by atoms with Crippen LogP contribution >= 0.6 is 20.2 Å². The van der Waals surface area contributed by atoms with Crippen LogP contribution in [0.4, 0.5) is 5.69 Å². The van der Waals surface area contributed by atoms with Crippen LogP contribution in [0, 0.1) is 0 Å². The molecule has 8 heteroatoms. The Hall–Kier alpha value is -1.82. The van der Waals surface area contributed by atoms with Crippen LogP contribution in [0.2, 0.25) is 5.02 Å². The molecule has 2 aromatic carbocycles. The Balaban J connectivity index is 1.78. The molecular formula is C17H14ClN2O4P. The average Bonchev–Trinajstić information content (AvgIpc) is 3.09. The maximum atomic E-state index is 12.5. The van der Waals surface area contributed by atoms with E-state index < -0.39 is 14.8 Å². The van der Waals surface area contributed by atoms with Crippen molar-refractivity contribution in [2.45, 2.75) is 6.23 Å². The van der Waals surface area contributed by atoms with Crippen LogP contribution in [-0.4, -0.2) is 31.1 Å². The lowest BCUT2D eigenvalue weighted by molar-refractivity contribution is -0.122. The lowest BCUT2D eigenvalue weighted by Crippen LogP contribution is -2.26. The van der Waals surface area contributed by atoms with E-state index >= 15 is 0 Å². The number of carbonyl (C=O) groups excluding carboxylic acids is 1. The van der Waals surface area contributed by atoms with Gasteiger partial charge in [0.25, 0.3) is 5.91 Å². The van der Waals surface area contributed by atoms with Crippen molar-refractivity contribution >= 4 is 37.5 Å². The Bertz CT molecular complexity index is 825. The number of nitrogens with one attached hydrogen (secondary N) is 1.